The molecule has 0 amide bonds. The van der Waals surface area contributed by atoms with Crippen molar-refractivity contribution in [2.45, 2.75) is 13.0 Å². The Kier molecular flexibility index (Phi) is 1.98. The summed E-state index contributed by atoms with van der Waals surface area (Å²) in [6, 6.07) is 5.23. The molecule has 1 atom stereocenters. The SMILES string of the molecule is C[C@H](N)c1nc2cccc(Cl)c2o1. The summed E-state index contributed by atoms with van der Waals surface area (Å²) < 4.78 is 5.39. The lowest BCUT2D eigenvalue weighted by molar-refractivity contribution is 0.493. The molecule has 0 bridgehead atoms. The van der Waals surface area contributed by atoms with E-state index < -0.39 is 0 Å². The van der Waals surface area contributed by atoms with Crippen LogP contribution in [0.5, 0.6) is 0 Å². The molecule has 0 spiro atoms. The highest BCUT2D eigenvalue weighted by Crippen LogP contribution is 2.25. The number of benzene rings is 1. The molecule has 2 aromatic rings. The Balaban J connectivity index is 2.68. The van der Waals surface area contributed by atoms with Crippen molar-refractivity contribution >= 4 is 22.7 Å². The van der Waals surface area contributed by atoms with Crippen LogP contribution >= 0.6 is 11.6 Å². The first-order valence-corrected chi connectivity index (χ1v) is 4.37. The lowest BCUT2D eigenvalue weighted by Crippen LogP contribution is -2.04. The highest BCUT2D eigenvalue weighted by atomic mass is 35.5. The molecule has 0 saturated carbocycles. The smallest absolute Gasteiger partial charge is 0.212 e. The molecule has 2 N–H and O–H groups in total. The van der Waals surface area contributed by atoms with E-state index >= 15 is 0 Å². The second-order valence-electron chi connectivity index (χ2n) is 2.93. The molecule has 0 aliphatic heterocycles. The molecule has 1 aromatic heterocycles. The van der Waals surface area contributed by atoms with Crippen molar-refractivity contribution in [3.63, 3.8) is 0 Å². The van der Waals surface area contributed by atoms with Crippen LogP contribution in [-0.2, 0) is 0 Å². The van der Waals surface area contributed by atoms with Crippen molar-refractivity contribution in [3.8, 4) is 0 Å². The van der Waals surface area contributed by atoms with Crippen LogP contribution in [0.2, 0.25) is 5.02 Å². The summed E-state index contributed by atoms with van der Waals surface area (Å²) in [5.74, 6) is 0.517. The molecule has 0 saturated heterocycles. The lowest BCUT2D eigenvalue weighted by atomic mass is 10.3. The van der Waals surface area contributed by atoms with Gasteiger partial charge in [-0.25, -0.2) is 4.98 Å². The number of oxazole rings is 1. The first-order valence-electron chi connectivity index (χ1n) is 3.99. The van der Waals surface area contributed by atoms with Crippen LogP contribution in [0.4, 0.5) is 0 Å². The van der Waals surface area contributed by atoms with E-state index in [0.29, 0.717) is 16.5 Å². The first-order chi connectivity index (χ1) is 6.18. The molecule has 0 fully saturated rings. The topological polar surface area (TPSA) is 52.0 Å². The highest BCUT2D eigenvalue weighted by molar-refractivity contribution is 6.34. The normalized spacial score (nSPS) is 13.5. The van der Waals surface area contributed by atoms with Gasteiger partial charge in [0, 0.05) is 0 Å². The van der Waals surface area contributed by atoms with Crippen LogP contribution in [0.3, 0.4) is 0 Å². The van der Waals surface area contributed by atoms with E-state index in [1.807, 2.05) is 19.1 Å². The van der Waals surface area contributed by atoms with E-state index in [2.05, 4.69) is 4.98 Å². The fourth-order valence-electron chi connectivity index (χ4n) is 1.13. The van der Waals surface area contributed by atoms with E-state index in [9.17, 15) is 0 Å². The molecule has 3 nitrogen and oxygen atoms in total. The maximum absolute atomic E-state index is 5.90. The molecule has 1 aromatic carbocycles. The summed E-state index contributed by atoms with van der Waals surface area (Å²) in [7, 11) is 0. The fourth-order valence-corrected chi connectivity index (χ4v) is 1.34. The van der Waals surface area contributed by atoms with Gasteiger partial charge in [0.15, 0.2) is 5.58 Å². The highest BCUT2D eigenvalue weighted by Gasteiger charge is 2.10. The minimum absolute atomic E-state index is 0.205. The van der Waals surface area contributed by atoms with Crippen LogP contribution in [0.15, 0.2) is 22.6 Å². The predicted molar refractivity (Wildman–Crippen MR) is 51.6 cm³/mol. The quantitative estimate of drug-likeness (QED) is 0.763. The average molecular weight is 197 g/mol. The Bertz CT molecular complexity index is 436. The van der Waals surface area contributed by atoms with Crippen LogP contribution in [0.1, 0.15) is 18.9 Å². The number of rotatable bonds is 1. The maximum atomic E-state index is 5.90. The van der Waals surface area contributed by atoms with Gasteiger partial charge in [-0.15, -0.1) is 0 Å². The van der Waals surface area contributed by atoms with Gasteiger partial charge in [-0.05, 0) is 19.1 Å². The van der Waals surface area contributed by atoms with E-state index in [1.165, 1.54) is 0 Å². The first kappa shape index (κ1) is 8.53. The minimum atomic E-state index is -0.205. The van der Waals surface area contributed by atoms with Crippen LogP contribution in [0.25, 0.3) is 11.1 Å². The third kappa shape index (κ3) is 1.41. The van der Waals surface area contributed by atoms with Gasteiger partial charge in [0.1, 0.15) is 5.52 Å². The third-order valence-corrected chi connectivity index (χ3v) is 2.07. The average Bonchev–Trinajstić information content (AvgIpc) is 2.49. The molecule has 4 heteroatoms. The van der Waals surface area contributed by atoms with Crippen molar-refractivity contribution in [2.24, 2.45) is 5.73 Å². The third-order valence-electron chi connectivity index (χ3n) is 1.77. The Morgan fingerprint density at radius 2 is 2.31 bits per heavy atom. The summed E-state index contributed by atoms with van der Waals surface area (Å²) in [5, 5.41) is 0.567. The van der Waals surface area contributed by atoms with Gasteiger partial charge in [-0.1, -0.05) is 17.7 Å². The number of nitrogens with zero attached hydrogens (tertiary/aromatic N) is 1. The monoisotopic (exact) mass is 196 g/mol. The summed E-state index contributed by atoms with van der Waals surface area (Å²) in [6.45, 7) is 1.82. The standard InChI is InChI=1S/C9H9ClN2O/c1-5(11)9-12-7-4-2-3-6(10)8(7)13-9/h2-5H,11H2,1H3/t5-/m0/s1. The molecular formula is C9H9ClN2O. The second-order valence-corrected chi connectivity index (χ2v) is 3.34. The van der Waals surface area contributed by atoms with Gasteiger partial charge in [-0.2, -0.15) is 0 Å². The van der Waals surface area contributed by atoms with Crippen molar-refractivity contribution in [3.05, 3.63) is 29.1 Å². The number of aromatic nitrogens is 1. The zero-order valence-corrected chi connectivity index (χ0v) is 7.88. The Morgan fingerprint density at radius 1 is 1.54 bits per heavy atom. The molecule has 13 heavy (non-hydrogen) atoms. The molecule has 0 radical (unpaired) electrons. The molecule has 1 heterocycles. The second kappa shape index (κ2) is 3.01. The largest absolute Gasteiger partial charge is 0.437 e. The Morgan fingerprint density at radius 3 is 2.92 bits per heavy atom. The molecule has 0 aliphatic carbocycles. The molecule has 0 unspecified atom stereocenters. The summed E-state index contributed by atoms with van der Waals surface area (Å²) in [6.07, 6.45) is 0. The molecule has 0 aliphatic rings. The van der Waals surface area contributed by atoms with E-state index in [-0.39, 0.29) is 6.04 Å². The summed E-state index contributed by atoms with van der Waals surface area (Å²) in [4.78, 5) is 4.20. The minimum Gasteiger partial charge on any atom is -0.437 e. The molecular weight excluding hydrogens is 188 g/mol. The maximum Gasteiger partial charge on any atom is 0.212 e. The van der Waals surface area contributed by atoms with E-state index in [0.717, 1.165) is 5.52 Å². The molecule has 68 valence electrons. The van der Waals surface area contributed by atoms with Gasteiger partial charge in [0.25, 0.3) is 0 Å². The van der Waals surface area contributed by atoms with Crippen LogP contribution in [0, 0.1) is 0 Å². The van der Waals surface area contributed by atoms with Gasteiger partial charge < -0.3 is 10.2 Å². The number of halogens is 1. The Hall–Kier alpha value is -1.06. The Labute approximate surface area is 80.5 Å². The lowest BCUT2D eigenvalue weighted by Gasteiger charge is -1.94. The van der Waals surface area contributed by atoms with Gasteiger partial charge in [-0.3, -0.25) is 0 Å². The number of nitrogens with two attached hydrogens (primary N) is 1. The summed E-state index contributed by atoms with van der Waals surface area (Å²) in [5.41, 5.74) is 6.99. The van der Waals surface area contributed by atoms with Crippen molar-refractivity contribution in [1.29, 1.82) is 0 Å². The number of hydrogen-bond donors (Lipinski definition) is 1. The van der Waals surface area contributed by atoms with Gasteiger partial charge >= 0.3 is 0 Å². The number of para-hydroxylation sites is 1. The van der Waals surface area contributed by atoms with Crippen molar-refractivity contribution in [1.82, 2.24) is 4.98 Å². The van der Waals surface area contributed by atoms with Crippen molar-refractivity contribution < 1.29 is 4.42 Å². The fraction of sp³-hybridized carbons (Fsp3) is 0.222. The zero-order valence-electron chi connectivity index (χ0n) is 7.12. The van der Waals surface area contributed by atoms with Gasteiger partial charge in [0.05, 0.1) is 11.1 Å². The number of fused-ring (bicyclic) bond motifs is 1. The van der Waals surface area contributed by atoms with E-state index in [1.54, 1.807) is 6.07 Å². The summed E-state index contributed by atoms with van der Waals surface area (Å²) >= 11 is 5.90. The predicted octanol–water partition coefficient (Wildman–Crippen LogP) is 2.50. The van der Waals surface area contributed by atoms with Gasteiger partial charge in [0.2, 0.25) is 5.89 Å². The van der Waals surface area contributed by atoms with E-state index in [4.69, 9.17) is 21.8 Å². The number of hydrogen-bond acceptors (Lipinski definition) is 3. The zero-order chi connectivity index (χ0) is 9.42. The van der Waals surface area contributed by atoms with Crippen LogP contribution < -0.4 is 5.73 Å². The van der Waals surface area contributed by atoms with Crippen molar-refractivity contribution in [2.75, 3.05) is 0 Å². The van der Waals surface area contributed by atoms with Crippen LogP contribution in [-0.4, -0.2) is 4.98 Å². The molecule has 2 rings (SSSR count).